The van der Waals surface area contributed by atoms with Crippen molar-refractivity contribution in [2.45, 2.75) is 37.6 Å². The van der Waals surface area contributed by atoms with Crippen molar-refractivity contribution in [3.8, 4) is 0 Å². The first-order chi connectivity index (χ1) is 9.31. The number of hydrogen-bond acceptors (Lipinski definition) is 2. The van der Waals surface area contributed by atoms with Gasteiger partial charge in [0.1, 0.15) is 0 Å². The molecule has 2 nitrogen and oxygen atoms in total. The monoisotopic (exact) mass is 323 g/mol. The molecular weight excluding hydrogens is 302 g/mol. The van der Waals surface area contributed by atoms with Crippen LogP contribution in [0.1, 0.15) is 37.2 Å². The van der Waals surface area contributed by atoms with Crippen molar-refractivity contribution in [1.82, 2.24) is 5.32 Å². The van der Waals surface area contributed by atoms with Gasteiger partial charge in [0.2, 0.25) is 0 Å². The zero-order chi connectivity index (χ0) is 13.1. The summed E-state index contributed by atoms with van der Waals surface area (Å²) in [7, 11) is 0. The van der Waals surface area contributed by atoms with Gasteiger partial charge in [-0.05, 0) is 49.3 Å². The molecule has 2 fully saturated rings. The van der Waals surface area contributed by atoms with E-state index >= 15 is 0 Å². The molecule has 2 aliphatic rings. The summed E-state index contributed by atoms with van der Waals surface area (Å²) in [6.45, 7) is 2.83. The van der Waals surface area contributed by atoms with E-state index in [1.54, 1.807) is 0 Å². The van der Waals surface area contributed by atoms with E-state index in [1.807, 2.05) is 0 Å². The fourth-order valence-corrected chi connectivity index (χ4v) is 2.71. The van der Waals surface area contributed by atoms with E-state index in [4.69, 9.17) is 4.74 Å². The number of nitrogens with one attached hydrogen (secondary N) is 1. The van der Waals surface area contributed by atoms with Gasteiger partial charge in [0, 0.05) is 29.6 Å². The Kier molecular flexibility index (Phi) is 4.57. The summed E-state index contributed by atoms with van der Waals surface area (Å²) in [5.41, 5.74) is 1.37. The maximum absolute atomic E-state index is 5.91. The highest BCUT2D eigenvalue weighted by Gasteiger charge is 2.24. The summed E-state index contributed by atoms with van der Waals surface area (Å²) < 4.78 is 7.07. The molecule has 0 radical (unpaired) electrons. The average Bonchev–Trinajstić information content (AvgIpc) is 3.26. The van der Waals surface area contributed by atoms with Crippen LogP contribution in [0.25, 0.3) is 0 Å². The molecule has 0 aromatic heterocycles. The summed E-state index contributed by atoms with van der Waals surface area (Å²) in [5.74, 6) is 1.32. The Bertz CT molecular complexity index is 415. The van der Waals surface area contributed by atoms with Crippen LogP contribution >= 0.6 is 15.9 Å². The van der Waals surface area contributed by atoms with Gasteiger partial charge in [-0.25, -0.2) is 0 Å². The van der Waals surface area contributed by atoms with Crippen molar-refractivity contribution in [2.75, 3.05) is 19.8 Å². The largest absolute Gasteiger partial charge is 0.380 e. The van der Waals surface area contributed by atoms with Crippen LogP contribution in [0, 0.1) is 5.92 Å². The molecule has 0 bridgehead atoms. The van der Waals surface area contributed by atoms with Crippen LogP contribution in [-0.4, -0.2) is 25.8 Å². The van der Waals surface area contributed by atoms with Gasteiger partial charge in [0.15, 0.2) is 0 Å². The topological polar surface area (TPSA) is 21.3 Å². The molecule has 2 aliphatic carbocycles. The molecule has 0 heterocycles. The fraction of sp³-hybridized carbons (Fsp3) is 0.625. The summed E-state index contributed by atoms with van der Waals surface area (Å²) in [6, 6.07) is 9.40. The van der Waals surface area contributed by atoms with E-state index in [0.717, 1.165) is 36.2 Å². The lowest BCUT2D eigenvalue weighted by Gasteiger charge is -2.18. The molecule has 19 heavy (non-hydrogen) atoms. The minimum atomic E-state index is 0.469. The molecule has 2 saturated carbocycles. The predicted octanol–water partition coefficient (Wildman–Crippen LogP) is 3.71. The Morgan fingerprint density at radius 3 is 2.79 bits per heavy atom. The smallest absolute Gasteiger partial charge is 0.0547 e. The van der Waals surface area contributed by atoms with E-state index < -0.39 is 0 Å². The molecule has 104 valence electrons. The molecule has 0 amide bonds. The molecular formula is C16H22BrNO. The van der Waals surface area contributed by atoms with Gasteiger partial charge in [0.25, 0.3) is 0 Å². The highest BCUT2D eigenvalue weighted by atomic mass is 79.9. The molecule has 1 aromatic rings. The second kappa shape index (κ2) is 6.38. The van der Waals surface area contributed by atoms with Crippen molar-refractivity contribution < 1.29 is 4.74 Å². The third-order valence-electron chi connectivity index (χ3n) is 3.92. The third-order valence-corrected chi connectivity index (χ3v) is 4.41. The van der Waals surface area contributed by atoms with E-state index in [1.165, 1.54) is 31.2 Å². The number of benzene rings is 1. The van der Waals surface area contributed by atoms with E-state index in [-0.39, 0.29) is 0 Å². The second-order valence-corrected chi connectivity index (χ2v) is 6.83. The van der Waals surface area contributed by atoms with Crippen LogP contribution in [0.5, 0.6) is 0 Å². The number of hydrogen-bond donors (Lipinski definition) is 1. The maximum atomic E-state index is 5.91. The zero-order valence-electron chi connectivity index (χ0n) is 11.3. The highest BCUT2D eigenvalue weighted by Crippen LogP contribution is 2.29. The Hall–Kier alpha value is -0.380. The van der Waals surface area contributed by atoms with Gasteiger partial charge >= 0.3 is 0 Å². The van der Waals surface area contributed by atoms with Gasteiger partial charge in [-0.2, -0.15) is 0 Å². The SMILES string of the molecule is Brc1cccc(C(CNC2CC2)COCC2CC2)c1. The number of rotatable bonds is 8. The minimum absolute atomic E-state index is 0.469. The van der Waals surface area contributed by atoms with Crippen LogP contribution in [0.3, 0.4) is 0 Å². The number of halogens is 1. The first kappa shape index (κ1) is 13.6. The zero-order valence-corrected chi connectivity index (χ0v) is 12.9. The van der Waals surface area contributed by atoms with E-state index in [9.17, 15) is 0 Å². The lowest BCUT2D eigenvalue weighted by molar-refractivity contribution is 0.110. The molecule has 0 saturated heterocycles. The van der Waals surface area contributed by atoms with E-state index in [0.29, 0.717) is 5.92 Å². The molecule has 1 aromatic carbocycles. The van der Waals surface area contributed by atoms with Gasteiger partial charge in [0.05, 0.1) is 6.61 Å². The normalized spacial score (nSPS) is 20.5. The van der Waals surface area contributed by atoms with Crippen LogP contribution in [-0.2, 0) is 4.74 Å². The van der Waals surface area contributed by atoms with Crippen LogP contribution in [0.4, 0.5) is 0 Å². The quantitative estimate of drug-likeness (QED) is 0.787. The average molecular weight is 324 g/mol. The molecule has 3 heteroatoms. The molecule has 0 aliphatic heterocycles. The second-order valence-electron chi connectivity index (χ2n) is 5.92. The van der Waals surface area contributed by atoms with Crippen molar-refractivity contribution in [1.29, 1.82) is 0 Å². The van der Waals surface area contributed by atoms with Crippen LogP contribution < -0.4 is 5.32 Å². The lowest BCUT2D eigenvalue weighted by Crippen LogP contribution is -2.26. The molecule has 3 rings (SSSR count). The minimum Gasteiger partial charge on any atom is -0.380 e. The summed E-state index contributed by atoms with van der Waals surface area (Å²) in [6.07, 6.45) is 5.41. The predicted molar refractivity (Wildman–Crippen MR) is 81.5 cm³/mol. The summed E-state index contributed by atoms with van der Waals surface area (Å²) in [4.78, 5) is 0. The van der Waals surface area contributed by atoms with Gasteiger partial charge in [-0.3, -0.25) is 0 Å². The lowest BCUT2D eigenvalue weighted by atomic mass is 10.00. The Morgan fingerprint density at radius 1 is 1.26 bits per heavy atom. The van der Waals surface area contributed by atoms with Gasteiger partial charge < -0.3 is 10.1 Å². The summed E-state index contributed by atoms with van der Waals surface area (Å²) in [5, 5.41) is 3.63. The molecule has 1 atom stereocenters. The first-order valence-electron chi connectivity index (χ1n) is 7.38. The Morgan fingerprint density at radius 2 is 2.11 bits per heavy atom. The van der Waals surface area contributed by atoms with Crippen molar-refractivity contribution in [2.24, 2.45) is 5.92 Å². The first-order valence-corrected chi connectivity index (χ1v) is 8.17. The fourth-order valence-electron chi connectivity index (χ4n) is 2.29. The van der Waals surface area contributed by atoms with Crippen molar-refractivity contribution >= 4 is 15.9 Å². The third kappa shape index (κ3) is 4.59. The van der Waals surface area contributed by atoms with Gasteiger partial charge in [-0.15, -0.1) is 0 Å². The van der Waals surface area contributed by atoms with Gasteiger partial charge in [-0.1, -0.05) is 28.1 Å². The Balaban J connectivity index is 1.55. The van der Waals surface area contributed by atoms with Crippen LogP contribution in [0.15, 0.2) is 28.7 Å². The Labute approximate surface area is 124 Å². The molecule has 1 N–H and O–H groups in total. The maximum Gasteiger partial charge on any atom is 0.0547 e. The van der Waals surface area contributed by atoms with Crippen molar-refractivity contribution in [3.63, 3.8) is 0 Å². The standard InChI is InChI=1S/C16H22BrNO/c17-15-3-1-2-13(8-15)14(9-18-16-6-7-16)11-19-10-12-4-5-12/h1-3,8,12,14,16,18H,4-7,9-11H2. The summed E-state index contributed by atoms with van der Waals surface area (Å²) >= 11 is 3.56. The van der Waals surface area contributed by atoms with Crippen molar-refractivity contribution in [3.05, 3.63) is 34.3 Å². The highest BCUT2D eigenvalue weighted by molar-refractivity contribution is 9.10. The number of ether oxygens (including phenoxy) is 1. The molecule has 0 spiro atoms. The van der Waals surface area contributed by atoms with E-state index in [2.05, 4.69) is 45.5 Å². The van der Waals surface area contributed by atoms with Crippen LogP contribution in [0.2, 0.25) is 0 Å². The molecule has 1 unspecified atom stereocenters.